The maximum absolute atomic E-state index is 12.6. The van der Waals surface area contributed by atoms with Gasteiger partial charge in [0.1, 0.15) is 16.3 Å². The molecular formula is C15H14N4O3S. The Bertz CT molecular complexity index is 961. The van der Waals surface area contributed by atoms with E-state index in [4.69, 9.17) is 4.74 Å². The summed E-state index contributed by atoms with van der Waals surface area (Å²) in [6.45, 7) is 1.79. The number of hydrogen-bond acceptors (Lipinski definition) is 6. The first kappa shape index (κ1) is 15.2. The van der Waals surface area contributed by atoms with Crippen LogP contribution < -0.4 is 15.5 Å². The predicted octanol–water partition coefficient (Wildman–Crippen LogP) is 1.96. The van der Waals surface area contributed by atoms with Gasteiger partial charge in [0.2, 0.25) is 10.6 Å². The van der Waals surface area contributed by atoms with Gasteiger partial charge in [-0.15, -0.1) is 10.2 Å². The molecule has 0 aliphatic heterocycles. The number of fused-ring (bicyclic) bond motifs is 1. The van der Waals surface area contributed by atoms with Crippen molar-refractivity contribution in [3.63, 3.8) is 0 Å². The summed E-state index contributed by atoms with van der Waals surface area (Å²) in [5.74, 6) is 0.0697. The minimum Gasteiger partial charge on any atom is -0.495 e. The third-order valence-corrected chi connectivity index (χ3v) is 4.13. The van der Waals surface area contributed by atoms with Crippen molar-refractivity contribution in [1.29, 1.82) is 0 Å². The van der Waals surface area contributed by atoms with Crippen molar-refractivity contribution in [1.82, 2.24) is 14.8 Å². The van der Waals surface area contributed by atoms with E-state index in [9.17, 15) is 9.59 Å². The highest BCUT2D eigenvalue weighted by Crippen LogP contribution is 2.23. The minimum absolute atomic E-state index is 0.0427. The Morgan fingerprint density at radius 2 is 2.13 bits per heavy atom. The highest BCUT2D eigenvalue weighted by Gasteiger charge is 2.17. The van der Waals surface area contributed by atoms with Gasteiger partial charge in [-0.2, -0.15) is 0 Å². The lowest BCUT2D eigenvalue weighted by Gasteiger charge is -2.11. The fourth-order valence-electron chi connectivity index (χ4n) is 2.37. The molecule has 0 atom stereocenters. The molecule has 3 aromatic rings. The molecule has 0 fully saturated rings. The normalized spacial score (nSPS) is 10.7. The summed E-state index contributed by atoms with van der Waals surface area (Å²) in [5, 5.41) is 11.8. The number of carbonyl (C=O) groups is 1. The maximum Gasteiger partial charge on any atom is 0.262 e. The van der Waals surface area contributed by atoms with Gasteiger partial charge in [-0.3, -0.25) is 14.9 Å². The molecule has 8 heteroatoms. The van der Waals surface area contributed by atoms with Crippen LogP contribution in [0.4, 0.5) is 5.13 Å². The van der Waals surface area contributed by atoms with Crippen LogP contribution in [0.5, 0.6) is 5.75 Å². The molecule has 0 radical (unpaired) electrons. The second-order valence-electron chi connectivity index (χ2n) is 4.92. The first-order valence-corrected chi connectivity index (χ1v) is 7.60. The standard InChI is InChI=1S/C15H14N4O3S/c1-8-17-18-15(23-8)16-14(21)10-7-19(2)12-9(13(10)20)5-4-6-11(12)22-3/h4-7H,1-3H3,(H,16,18,21). The molecule has 3 rings (SSSR count). The van der Waals surface area contributed by atoms with Crippen LogP contribution >= 0.6 is 11.3 Å². The molecule has 2 aromatic heterocycles. The van der Waals surface area contributed by atoms with Crippen molar-refractivity contribution in [3.05, 3.63) is 45.2 Å². The van der Waals surface area contributed by atoms with Crippen molar-refractivity contribution >= 4 is 33.3 Å². The van der Waals surface area contributed by atoms with Crippen LogP contribution in [0.2, 0.25) is 0 Å². The maximum atomic E-state index is 12.6. The van der Waals surface area contributed by atoms with Crippen LogP contribution in [0.3, 0.4) is 0 Å². The number of hydrogen-bond donors (Lipinski definition) is 1. The van der Waals surface area contributed by atoms with Crippen molar-refractivity contribution in [2.75, 3.05) is 12.4 Å². The Kier molecular flexibility index (Phi) is 3.83. The van der Waals surface area contributed by atoms with E-state index in [-0.39, 0.29) is 11.0 Å². The number of aromatic nitrogens is 3. The summed E-state index contributed by atoms with van der Waals surface area (Å²) in [6.07, 6.45) is 1.50. The Morgan fingerprint density at radius 1 is 1.35 bits per heavy atom. The SMILES string of the molecule is COc1cccc2c(=O)c(C(=O)Nc3nnc(C)s3)cn(C)c12. The smallest absolute Gasteiger partial charge is 0.262 e. The van der Waals surface area contributed by atoms with Gasteiger partial charge >= 0.3 is 0 Å². The molecule has 0 saturated heterocycles. The van der Waals surface area contributed by atoms with Gasteiger partial charge in [-0.25, -0.2) is 0 Å². The molecule has 23 heavy (non-hydrogen) atoms. The van der Waals surface area contributed by atoms with E-state index in [1.807, 2.05) is 0 Å². The lowest BCUT2D eigenvalue weighted by molar-refractivity contribution is 0.102. The van der Waals surface area contributed by atoms with E-state index in [0.29, 0.717) is 21.8 Å². The van der Waals surface area contributed by atoms with Crippen molar-refractivity contribution < 1.29 is 9.53 Å². The highest BCUT2D eigenvalue weighted by molar-refractivity contribution is 7.15. The molecule has 0 aliphatic carbocycles. The van der Waals surface area contributed by atoms with E-state index in [1.54, 1.807) is 36.7 Å². The topological polar surface area (TPSA) is 86.1 Å². The van der Waals surface area contributed by atoms with Gasteiger partial charge in [0.15, 0.2) is 0 Å². The predicted molar refractivity (Wildman–Crippen MR) is 88.3 cm³/mol. The molecule has 0 spiro atoms. The number of para-hydroxylation sites is 1. The van der Waals surface area contributed by atoms with Crippen LogP contribution in [-0.2, 0) is 7.05 Å². The van der Waals surface area contributed by atoms with Gasteiger partial charge in [-0.1, -0.05) is 17.4 Å². The molecule has 0 saturated carbocycles. The summed E-state index contributed by atoms with van der Waals surface area (Å²) in [5.41, 5.74) is 0.333. The summed E-state index contributed by atoms with van der Waals surface area (Å²) in [6, 6.07) is 5.16. The van der Waals surface area contributed by atoms with Gasteiger partial charge < -0.3 is 9.30 Å². The van der Waals surface area contributed by atoms with Crippen LogP contribution in [0.1, 0.15) is 15.4 Å². The van der Waals surface area contributed by atoms with E-state index in [2.05, 4.69) is 15.5 Å². The van der Waals surface area contributed by atoms with Crippen molar-refractivity contribution in [3.8, 4) is 5.75 Å². The van der Waals surface area contributed by atoms with Crippen molar-refractivity contribution in [2.45, 2.75) is 6.92 Å². The zero-order valence-corrected chi connectivity index (χ0v) is 13.6. The molecule has 7 nitrogen and oxygen atoms in total. The number of carbonyl (C=O) groups excluding carboxylic acids is 1. The Hall–Kier alpha value is -2.74. The third kappa shape index (κ3) is 2.68. The van der Waals surface area contributed by atoms with Gasteiger partial charge in [-0.05, 0) is 19.1 Å². The number of aryl methyl sites for hydroxylation is 2. The lowest BCUT2D eigenvalue weighted by atomic mass is 10.1. The average molecular weight is 330 g/mol. The Morgan fingerprint density at radius 3 is 2.78 bits per heavy atom. The van der Waals surface area contributed by atoms with E-state index >= 15 is 0 Å². The number of ether oxygens (including phenoxy) is 1. The second kappa shape index (κ2) is 5.81. The molecule has 1 amide bonds. The average Bonchev–Trinajstić information content (AvgIpc) is 2.94. The molecule has 1 N–H and O–H groups in total. The van der Waals surface area contributed by atoms with E-state index in [0.717, 1.165) is 5.01 Å². The summed E-state index contributed by atoms with van der Waals surface area (Å²) >= 11 is 1.25. The number of pyridine rings is 1. The van der Waals surface area contributed by atoms with E-state index in [1.165, 1.54) is 24.6 Å². The van der Waals surface area contributed by atoms with Crippen LogP contribution in [0, 0.1) is 6.92 Å². The minimum atomic E-state index is -0.508. The number of rotatable bonds is 3. The van der Waals surface area contributed by atoms with Gasteiger partial charge in [0, 0.05) is 13.2 Å². The number of anilines is 1. The Labute approximate surface area is 135 Å². The van der Waals surface area contributed by atoms with Crippen LogP contribution in [-0.4, -0.2) is 27.8 Å². The number of benzene rings is 1. The molecule has 1 aromatic carbocycles. The largest absolute Gasteiger partial charge is 0.495 e. The Balaban J connectivity index is 2.10. The molecular weight excluding hydrogens is 316 g/mol. The summed E-state index contributed by atoms with van der Waals surface area (Å²) in [4.78, 5) is 25.0. The molecule has 2 heterocycles. The quantitative estimate of drug-likeness (QED) is 0.793. The molecule has 0 unspecified atom stereocenters. The number of methoxy groups -OCH3 is 1. The van der Waals surface area contributed by atoms with E-state index < -0.39 is 5.91 Å². The summed E-state index contributed by atoms with van der Waals surface area (Å²) < 4.78 is 6.99. The fraction of sp³-hybridized carbons (Fsp3) is 0.200. The number of nitrogens with one attached hydrogen (secondary N) is 1. The molecule has 118 valence electrons. The number of amides is 1. The highest BCUT2D eigenvalue weighted by atomic mass is 32.1. The first-order chi connectivity index (χ1) is 11.0. The zero-order valence-electron chi connectivity index (χ0n) is 12.8. The molecule has 0 bridgehead atoms. The zero-order chi connectivity index (χ0) is 16.6. The van der Waals surface area contributed by atoms with Gasteiger partial charge in [0.25, 0.3) is 5.91 Å². The fourth-order valence-corrected chi connectivity index (χ4v) is 2.96. The lowest BCUT2D eigenvalue weighted by Crippen LogP contribution is -2.23. The van der Waals surface area contributed by atoms with Crippen LogP contribution in [0.15, 0.2) is 29.2 Å². The van der Waals surface area contributed by atoms with Crippen LogP contribution in [0.25, 0.3) is 10.9 Å². The van der Waals surface area contributed by atoms with Gasteiger partial charge in [0.05, 0.1) is 18.0 Å². The summed E-state index contributed by atoms with van der Waals surface area (Å²) in [7, 11) is 3.30. The number of nitrogens with zero attached hydrogens (tertiary/aromatic N) is 3. The second-order valence-corrected chi connectivity index (χ2v) is 6.10. The first-order valence-electron chi connectivity index (χ1n) is 6.79. The van der Waals surface area contributed by atoms with Crippen molar-refractivity contribution in [2.24, 2.45) is 7.05 Å². The molecule has 0 aliphatic rings. The monoisotopic (exact) mass is 330 g/mol. The third-order valence-electron chi connectivity index (χ3n) is 3.37.